The van der Waals surface area contributed by atoms with Gasteiger partial charge < -0.3 is 4.90 Å². The van der Waals surface area contributed by atoms with Crippen molar-refractivity contribution in [2.45, 2.75) is 40.0 Å². The first-order chi connectivity index (χ1) is 11.6. The zero-order chi connectivity index (χ0) is 17.4. The summed E-state index contributed by atoms with van der Waals surface area (Å²) in [6.07, 6.45) is 3.48. The third kappa shape index (κ3) is 6.59. The molecule has 0 bridgehead atoms. The van der Waals surface area contributed by atoms with Crippen molar-refractivity contribution in [3.05, 3.63) is 65.2 Å². The van der Waals surface area contributed by atoms with Gasteiger partial charge >= 0.3 is 0 Å². The van der Waals surface area contributed by atoms with Gasteiger partial charge in [0, 0.05) is 19.3 Å². The summed E-state index contributed by atoms with van der Waals surface area (Å²) in [6.45, 7) is 3.27. The molecule has 0 aliphatic heterocycles. The van der Waals surface area contributed by atoms with E-state index in [1.807, 2.05) is 12.1 Å². The highest BCUT2D eigenvalue weighted by Crippen LogP contribution is 2.16. The van der Waals surface area contributed by atoms with Gasteiger partial charge in [-0.05, 0) is 48.1 Å². The molecule has 0 aliphatic rings. The Labute approximate surface area is 152 Å². The van der Waals surface area contributed by atoms with E-state index in [-0.39, 0.29) is 13.3 Å². The average Bonchev–Trinajstić information content (AvgIpc) is 2.61. The van der Waals surface area contributed by atoms with Crippen LogP contribution in [0.4, 0.5) is 5.69 Å². The first-order valence-corrected chi connectivity index (χ1v) is 8.49. The van der Waals surface area contributed by atoms with Gasteiger partial charge in [-0.25, -0.2) is 5.84 Å². The number of benzene rings is 2. The number of hydrazine groups is 1. The van der Waals surface area contributed by atoms with Gasteiger partial charge in [0.15, 0.2) is 0 Å². The van der Waals surface area contributed by atoms with E-state index in [4.69, 9.17) is 5.84 Å². The van der Waals surface area contributed by atoms with Gasteiger partial charge in [-0.1, -0.05) is 50.7 Å². The number of anilines is 1. The van der Waals surface area contributed by atoms with Crippen LogP contribution in [-0.2, 0) is 24.1 Å². The van der Waals surface area contributed by atoms with E-state index in [0.29, 0.717) is 6.42 Å². The molecule has 136 valence electrons. The number of nitrogens with two attached hydrogens (primary N) is 1. The lowest BCUT2D eigenvalue weighted by atomic mass is 10.0. The Kier molecular flexibility index (Phi) is 8.71. The molecule has 0 saturated carbocycles. The number of nitrogens with one attached hydrogen (secondary N) is 1. The highest BCUT2D eigenvalue weighted by Gasteiger charge is 2.03. The summed E-state index contributed by atoms with van der Waals surface area (Å²) in [5.74, 6) is 4.93. The Balaban J connectivity index is 0.00000312. The monoisotopic (exact) mass is 341 g/mol. The van der Waals surface area contributed by atoms with E-state index in [0.717, 1.165) is 31.4 Å². The van der Waals surface area contributed by atoms with Gasteiger partial charge in [-0.3, -0.25) is 10.2 Å². The topological polar surface area (TPSA) is 58.4 Å². The van der Waals surface area contributed by atoms with E-state index in [1.165, 1.54) is 16.8 Å². The average molecular weight is 341 g/mol. The second-order valence-electron chi connectivity index (χ2n) is 6.15. The predicted octanol–water partition coefficient (Wildman–Crippen LogP) is 3.49. The number of carbonyl (C=O) groups excluding carboxylic acids is 1. The van der Waals surface area contributed by atoms with Gasteiger partial charge in [-0.2, -0.15) is 0 Å². The number of amides is 1. The SMILES string of the molecule is C.CCCN(C)c1ccc(CCc2ccc(CC(=O)NN)cc2)cc1. The van der Waals surface area contributed by atoms with Gasteiger partial charge in [-0.15, -0.1) is 0 Å². The zero-order valence-corrected chi connectivity index (χ0v) is 14.6. The van der Waals surface area contributed by atoms with Crippen LogP contribution in [0.2, 0.25) is 0 Å². The van der Waals surface area contributed by atoms with Crippen LogP contribution in [0.5, 0.6) is 0 Å². The number of hydrogen-bond donors (Lipinski definition) is 2. The summed E-state index contributed by atoms with van der Waals surface area (Å²) in [6, 6.07) is 17.0. The van der Waals surface area contributed by atoms with E-state index in [1.54, 1.807) is 0 Å². The van der Waals surface area contributed by atoms with Crippen molar-refractivity contribution in [3.8, 4) is 0 Å². The molecule has 25 heavy (non-hydrogen) atoms. The minimum Gasteiger partial charge on any atom is -0.375 e. The highest BCUT2D eigenvalue weighted by molar-refractivity contribution is 5.77. The van der Waals surface area contributed by atoms with Crippen LogP contribution in [-0.4, -0.2) is 19.5 Å². The molecule has 0 heterocycles. The zero-order valence-electron chi connectivity index (χ0n) is 14.6. The molecule has 4 heteroatoms. The molecule has 2 rings (SSSR count). The van der Waals surface area contributed by atoms with Crippen LogP contribution < -0.4 is 16.2 Å². The Morgan fingerprint density at radius 2 is 1.44 bits per heavy atom. The Hall–Kier alpha value is -2.33. The minimum absolute atomic E-state index is 0. The number of hydrogen-bond acceptors (Lipinski definition) is 3. The molecule has 0 unspecified atom stereocenters. The maximum atomic E-state index is 11.3. The standard InChI is InChI=1S/C20H27N3O.CH4/c1-3-14-23(2)19-12-10-17(11-13-19)5-4-16-6-8-18(9-7-16)15-20(24)22-21;/h6-13H,3-5,14-15,21H2,1-2H3,(H,22,24);1H4. The van der Waals surface area contributed by atoms with Gasteiger partial charge in [0.05, 0.1) is 6.42 Å². The maximum Gasteiger partial charge on any atom is 0.238 e. The third-order valence-corrected chi connectivity index (χ3v) is 4.19. The van der Waals surface area contributed by atoms with Crippen molar-refractivity contribution in [1.29, 1.82) is 0 Å². The second kappa shape index (κ2) is 10.5. The number of carbonyl (C=O) groups is 1. The highest BCUT2D eigenvalue weighted by atomic mass is 16.2. The fourth-order valence-electron chi connectivity index (χ4n) is 2.73. The lowest BCUT2D eigenvalue weighted by Crippen LogP contribution is -2.31. The fraction of sp³-hybridized carbons (Fsp3) is 0.381. The summed E-state index contributed by atoms with van der Waals surface area (Å²) in [4.78, 5) is 13.5. The predicted molar refractivity (Wildman–Crippen MR) is 107 cm³/mol. The molecule has 0 fully saturated rings. The van der Waals surface area contributed by atoms with Crippen LogP contribution in [0, 0.1) is 0 Å². The molecular formula is C21H31N3O. The smallest absolute Gasteiger partial charge is 0.238 e. The lowest BCUT2D eigenvalue weighted by Gasteiger charge is -2.18. The Bertz CT molecular complexity index is 635. The first kappa shape index (κ1) is 20.7. The molecule has 0 saturated heterocycles. The largest absolute Gasteiger partial charge is 0.375 e. The van der Waals surface area contributed by atoms with Crippen molar-refractivity contribution in [2.24, 2.45) is 5.84 Å². The molecule has 2 aromatic carbocycles. The second-order valence-corrected chi connectivity index (χ2v) is 6.15. The van der Waals surface area contributed by atoms with Crippen LogP contribution in [0.1, 0.15) is 37.5 Å². The molecule has 0 atom stereocenters. The summed E-state index contributed by atoms with van der Waals surface area (Å²) in [5, 5.41) is 0. The summed E-state index contributed by atoms with van der Waals surface area (Å²) in [7, 11) is 2.13. The molecule has 0 aliphatic carbocycles. The lowest BCUT2D eigenvalue weighted by molar-refractivity contribution is -0.120. The van der Waals surface area contributed by atoms with E-state index in [9.17, 15) is 4.79 Å². The molecule has 2 aromatic rings. The molecule has 1 amide bonds. The Morgan fingerprint density at radius 3 is 1.92 bits per heavy atom. The number of aryl methyl sites for hydroxylation is 2. The molecule has 4 nitrogen and oxygen atoms in total. The number of rotatable bonds is 8. The normalized spacial score (nSPS) is 10.0. The summed E-state index contributed by atoms with van der Waals surface area (Å²) in [5.41, 5.74) is 7.02. The first-order valence-electron chi connectivity index (χ1n) is 8.49. The van der Waals surface area contributed by atoms with Crippen LogP contribution >= 0.6 is 0 Å². The minimum atomic E-state index is -0.170. The van der Waals surface area contributed by atoms with Crippen LogP contribution in [0.3, 0.4) is 0 Å². The van der Waals surface area contributed by atoms with E-state index < -0.39 is 0 Å². The molecule has 0 radical (unpaired) electrons. The van der Waals surface area contributed by atoms with Crippen LogP contribution in [0.25, 0.3) is 0 Å². The molecule has 3 N–H and O–H groups in total. The number of nitrogens with zero attached hydrogens (tertiary/aromatic N) is 1. The van der Waals surface area contributed by atoms with Gasteiger partial charge in [0.1, 0.15) is 0 Å². The van der Waals surface area contributed by atoms with Gasteiger partial charge in [0.25, 0.3) is 0 Å². The van der Waals surface area contributed by atoms with Crippen molar-refractivity contribution < 1.29 is 4.79 Å². The third-order valence-electron chi connectivity index (χ3n) is 4.19. The van der Waals surface area contributed by atoms with E-state index in [2.05, 4.69) is 60.7 Å². The Morgan fingerprint density at radius 1 is 0.960 bits per heavy atom. The fourth-order valence-corrected chi connectivity index (χ4v) is 2.73. The summed E-state index contributed by atoms with van der Waals surface area (Å²) < 4.78 is 0. The molecule has 0 spiro atoms. The van der Waals surface area contributed by atoms with Crippen LogP contribution in [0.15, 0.2) is 48.5 Å². The molecule has 0 aromatic heterocycles. The van der Waals surface area contributed by atoms with Crippen molar-refractivity contribution in [1.82, 2.24) is 5.43 Å². The van der Waals surface area contributed by atoms with Crippen molar-refractivity contribution in [3.63, 3.8) is 0 Å². The quantitative estimate of drug-likeness (QED) is 0.439. The van der Waals surface area contributed by atoms with Crippen molar-refractivity contribution >= 4 is 11.6 Å². The maximum absolute atomic E-state index is 11.3. The summed E-state index contributed by atoms with van der Waals surface area (Å²) >= 11 is 0. The molecular weight excluding hydrogens is 310 g/mol. The van der Waals surface area contributed by atoms with Gasteiger partial charge in [0.2, 0.25) is 5.91 Å². The van der Waals surface area contributed by atoms with E-state index >= 15 is 0 Å². The van der Waals surface area contributed by atoms with Crippen molar-refractivity contribution in [2.75, 3.05) is 18.5 Å².